The van der Waals surface area contributed by atoms with Crippen LogP contribution in [0.1, 0.15) is 18.3 Å². The molecule has 1 aromatic heterocycles. The van der Waals surface area contributed by atoms with Gasteiger partial charge in [0.1, 0.15) is 5.75 Å². The zero-order chi connectivity index (χ0) is 13.0. The molecule has 0 saturated heterocycles. The number of rotatable bonds is 5. The van der Waals surface area contributed by atoms with Gasteiger partial charge in [0.05, 0.1) is 19.3 Å². The van der Waals surface area contributed by atoms with E-state index in [2.05, 4.69) is 20.8 Å². The van der Waals surface area contributed by atoms with E-state index in [1.54, 1.807) is 11.8 Å². The molecular weight excluding hydrogens is 230 g/mol. The highest BCUT2D eigenvalue weighted by Gasteiger charge is 2.09. The van der Waals surface area contributed by atoms with Crippen LogP contribution in [-0.4, -0.2) is 33.9 Å². The summed E-state index contributed by atoms with van der Waals surface area (Å²) in [5.41, 5.74) is 1.99. The number of methoxy groups -OCH3 is 1. The summed E-state index contributed by atoms with van der Waals surface area (Å²) in [5.74, 6) is 1.65. The molecule has 0 spiro atoms. The van der Waals surface area contributed by atoms with E-state index < -0.39 is 0 Å². The topological polar surface area (TPSA) is 64.9 Å². The Balaban J connectivity index is 2.31. The molecule has 2 rings (SSSR count). The standard InChI is InChI=1S/C12H17N5O/c1-4-13-8-12-14-15-16-17(12)10-5-6-11(18-3)9(2)7-10/h5-7,13H,4,8H2,1-3H3. The molecule has 0 atom stereocenters. The van der Waals surface area contributed by atoms with Gasteiger partial charge in [-0.1, -0.05) is 6.92 Å². The average Bonchev–Trinajstić information content (AvgIpc) is 2.84. The van der Waals surface area contributed by atoms with Crippen molar-refractivity contribution < 1.29 is 4.74 Å². The minimum atomic E-state index is 0.647. The Kier molecular flexibility index (Phi) is 3.88. The van der Waals surface area contributed by atoms with Crippen molar-refractivity contribution >= 4 is 0 Å². The van der Waals surface area contributed by atoms with Gasteiger partial charge in [0.25, 0.3) is 0 Å². The summed E-state index contributed by atoms with van der Waals surface area (Å²) in [6.45, 7) is 5.57. The number of aromatic nitrogens is 4. The molecule has 0 radical (unpaired) electrons. The van der Waals surface area contributed by atoms with Gasteiger partial charge in [-0.25, -0.2) is 0 Å². The number of benzene rings is 1. The molecule has 0 aliphatic rings. The van der Waals surface area contributed by atoms with E-state index >= 15 is 0 Å². The Morgan fingerprint density at radius 3 is 2.89 bits per heavy atom. The molecule has 0 bridgehead atoms. The summed E-state index contributed by atoms with van der Waals surface area (Å²) in [7, 11) is 1.66. The molecule has 1 aromatic carbocycles. The fourth-order valence-electron chi connectivity index (χ4n) is 1.75. The quantitative estimate of drug-likeness (QED) is 0.856. The summed E-state index contributed by atoms with van der Waals surface area (Å²) in [4.78, 5) is 0. The Labute approximate surface area is 106 Å². The first-order chi connectivity index (χ1) is 8.76. The highest BCUT2D eigenvalue weighted by Crippen LogP contribution is 2.20. The maximum absolute atomic E-state index is 5.24. The second-order valence-electron chi connectivity index (χ2n) is 3.94. The third-order valence-electron chi connectivity index (χ3n) is 2.69. The molecule has 1 N–H and O–H groups in total. The lowest BCUT2D eigenvalue weighted by molar-refractivity contribution is 0.411. The molecule has 0 amide bonds. The van der Waals surface area contributed by atoms with Crippen molar-refractivity contribution in [3.05, 3.63) is 29.6 Å². The summed E-state index contributed by atoms with van der Waals surface area (Å²) in [5, 5.41) is 14.9. The first kappa shape index (κ1) is 12.5. The molecule has 1 heterocycles. The number of hydrogen-bond donors (Lipinski definition) is 1. The van der Waals surface area contributed by atoms with Crippen LogP contribution in [0.5, 0.6) is 5.75 Å². The molecule has 0 fully saturated rings. The smallest absolute Gasteiger partial charge is 0.170 e. The number of nitrogens with one attached hydrogen (secondary N) is 1. The number of nitrogens with zero attached hydrogens (tertiary/aromatic N) is 4. The maximum atomic E-state index is 5.24. The van der Waals surface area contributed by atoms with Gasteiger partial charge in [0, 0.05) is 0 Å². The molecule has 6 nitrogen and oxygen atoms in total. The monoisotopic (exact) mass is 247 g/mol. The summed E-state index contributed by atoms with van der Waals surface area (Å²) >= 11 is 0. The number of ether oxygens (including phenoxy) is 1. The van der Waals surface area contributed by atoms with Crippen LogP contribution in [0.25, 0.3) is 5.69 Å². The van der Waals surface area contributed by atoms with Gasteiger partial charge < -0.3 is 10.1 Å². The van der Waals surface area contributed by atoms with Crippen molar-refractivity contribution in [2.45, 2.75) is 20.4 Å². The lowest BCUT2D eigenvalue weighted by Crippen LogP contribution is -2.16. The van der Waals surface area contributed by atoms with Crippen molar-refractivity contribution in [3.8, 4) is 11.4 Å². The minimum absolute atomic E-state index is 0.647. The Morgan fingerprint density at radius 2 is 2.22 bits per heavy atom. The van der Waals surface area contributed by atoms with E-state index in [1.165, 1.54) is 0 Å². The van der Waals surface area contributed by atoms with Gasteiger partial charge >= 0.3 is 0 Å². The van der Waals surface area contributed by atoms with Crippen molar-refractivity contribution in [1.29, 1.82) is 0 Å². The molecule has 0 saturated carbocycles. The van der Waals surface area contributed by atoms with E-state index in [0.717, 1.165) is 29.4 Å². The lowest BCUT2D eigenvalue weighted by atomic mass is 10.2. The molecule has 0 aliphatic heterocycles. The van der Waals surface area contributed by atoms with Crippen LogP contribution in [0.15, 0.2) is 18.2 Å². The predicted molar refractivity (Wildman–Crippen MR) is 67.8 cm³/mol. The number of tetrazole rings is 1. The fraction of sp³-hybridized carbons (Fsp3) is 0.417. The maximum Gasteiger partial charge on any atom is 0.170 e. The van der Waals surface area contributed by atoms with Crippen molar-refractivity contribution in [2.75, 3.05) is 13.7 Å². The summed E-state index contributed by atoms with van der Waals surface area (Å²) < 4.78 is 6.97. The minimum Gasteiger partial charge on any atom is -0.496 e. The van der Waals surface area contributed by atoms with Gasteiger partial charge in [-0.2, -0.15) is 4.68 Å². The average molecular weight is 247 g/mol. The van der Waals surface area contributed by atoms with Crippen molar-refractivity contribution in [2.24, 2.45) is 0 Å². The highest BCUT2D eigenvalue weighted by atomic mass is 16.5. The molecular formula is C12H17N5O. The summed E-state index contributed by atoms with van der Waals surface area (Å²) in [6.07, 6.45) is 0. The van der Waals surface area contributed by atoms with E-state index in [0.29, 0.717) is 6.54 Å². The third kappa shape index (κ3) is 2.48. The SMILES string of the molecule is CCNCc1nnnn1-c1ccc(OC)c(C)c1. The van der Waals surface area contributed by atoms with Crippen molar-refractivity contribution in [3.63, 3.8) is 0 Å². The van der Waals surface area contributed by atoms with Crippen LogP contribution in [0.2, 0.25) is 0 Å². The second-order valence-corrected chi connectivity index (χ2v) is 3.94. The predicted octanol–water partition coefficient (Wildman–Crippen LogP) is 1.09. The van der Waals surface area contributed by atoms with E-state index in [1.807, 2.05) is 32.0 Å². The van der Waals surface area contributed by atoms with Crippen LogP contribution in [0, 0.1) is 6.92 Å². The van der Waals surface area contributed by atoms with Crippen LogP contribution in [-0.2, 0) is 6.54 Å². The highest BCUT2D eigenvalue weighted by molar-refractivity contribution is 5.43. The Hall–Kier alpha value is -1.95. The van der Waals surface area contributed by atoms with Gasteiger partial charge in [-0.05, 0) is 47.7 Å². The Morgan fingerprint density at radius 1 is 1.39 bits per heavy atom. The van der Waals surface area contributed by atoms with Crippen LogP contribution < -0.4 is 10.1 Å². The first-order valence-electron chi connectivity index (χ1n) is 5.89. The number of hydrogen-bond acceptors (Lipinski definition) is 5. The first-order valence-corrected chi connectivity index (χ1v) is 5.89. The molecule has 18 heavy (non-hydrogen) atoms. The van der Waals surface area contributed by atoms with Crippen LogP contribution in [0.3, 0.4) is 0 Å². The van der Waals surface area contributed by atoms with Gasteiger partial charge in [0.2, 0.25) is 0 Å². The van der Waals surface area contributed by atoms with Gasteiger partial charge in [-0.3, -0.25) is 0 Å². The van der Waals surface area contributed by atoms with E-state index in [4.69, 9.17) is 4.74 Å². The summed E-state index contributed by atoms with van der Waals surface area (Å²) in [6, 6.07) is 5.87. The molecule has 96 valence electrons. The van der Waals surface area contributed by atoms with Crippen molar-refractivity contribution in [1.82, 2.24) is 25.5 Å². The van der Waals surface area contributed by atoms with Crippen LogP contribution in [0.4, 0.5) is 0 Å². The second kappa shape index (κ2) is 5.59. The normalized spacial score (nSPS) is 10.6. The molecule has 6 heteroatoms. The molecule has 0 aliphatic carbocycles. The zero-order valence-corrected chi connectivity index (χ0v) is 10.8. The Bertz CT molecular complexity index is 523. The van der Waals surface area contributed by atoms with Gasteiger partial charge in [-0.15, -0.1) is 5.10 Å². The third-order valence-corrected chi connectivity index (χ3v) is 2.69. The van der Waals surface area contributed by atoms with E-state index in [-0.39, 0.29) is 0 Å². The largest absolute Gasteiger partial charge is 0.496 e. The number of aryl methyl sites for hydroxylation is 1. The fourth-order valence-corrected chi connectivity index (χ4v) is 1.75. The lowest BCUT2D eigenvalue weighted by Gasteiger charge is -2.08. The zero-order valence-electron chi connectivity index (χ0n) is 10.8. The molecule has 0 unspecified atom stereocenters. The molecule has 2 aromatic rings. The van der Waals surface area contributed by atoms with Gasteiger partial charge in [0.15, 0.2) is 5.82 Å². The van der Waals surface area contributed by atoms with E-state index in [9.17, 15) is 0 Å². The van der Waals surface area contributed by atoms with Crippen LogP contribution >= 0.6 is 0 Å².